The molecule has 3 N–H and O–H groups in total. The highest BCUT2D eigenvalue weighted by Gasteiger charge is 2.20. The third-order valence-corrected chi connectivity index (χ3v) is 5.59. The fourth-order valence-electron chi connectivity index (χ4n) is 3.30. The first-order valence-corrected chi connectivity index (χ1v) is 9.44. The lowest BCUT2D eigenvalue weighted by molar-refractivity contribution is 0.323. The lowest BCUT2D eigenvalue weighted by Gasteiger charge is -2.22. The van der Waals surface area contributed by atoms with Gasteiger partial charge >= 0.3 is 0 Å². The Balaban J connectivity index is 1.70. The first kappa shape index (κ1) is 16.4. The number of fused-ring (bicyclic) bond motifs is 1. The Kier molecular flexibility index (Phi) is 4.59. The Hall–Kier alpha value is -2.12. The SMILES string of the molecule is Cc1cccc(Sc2nn(CC3CCNCC3)c3ncnc(N)c23)c1. The first-order chi connectivity index (χ1) is 12.2. The van der Waals surface area contributed by atoms with E-state index in [9.17, 15) is 0 Å². The van der Waals surface area contributed by atoms with Crippen LogP contribution in [-0.4, -0.2) is 32.8 Å². The molecule has 2 aromatic heterocycles. The van der Waals surface area contributed by atoms with Gasteiger partial charge in [-0.1, -0.05) is 29.5 Å². The van der Waals surface area contributed by atoms with Crippen molar-refractivity contribution in [2.24, 2.45) is 5.92 Å². The zero-order chi connectivity index (χ0) is 17.2. The molecular formula is C18H22N6S. The van der Waals surface area contributed by atoms with Crippen LogP contribution in [0.15, 0.2) is 40.5 Å². The van der Waals surface area contributed by atoms with Crippen LogP contribution in [0.2, 0.25) is 0 Å². The maximum Gasteiger partial charge on any atom is 0.164 e. The average Bonchev–Trinajstić information content (AvgIpc) is 2.95. The van der Waals surface area contributed by atoms with E-state index in [0.29, 0.717) is 11.7 Å². The fraction of sp³-hybridized carbons (Fsp3) is 0.389. The summed E-state index contributed by atoms with van der Waals surface area (Å²) in [6.07, 6.45) is 3.87. The van der Waals surface area contributed by atoms with E-state index in [1.54, 1.807) is 11.8 Å². The molecule has 130 valence electrons. The van der Waals surface area contributed by atoms with Gasteiger partial charge in [0, 0.05) is 11.4 Å². The monoisotopic (exact) mass is 354 g/mol. The number of benzene rings is 1. The zero-order valence-corrected chi connectivity index (χ0v) is 15.1. The third-order valence-electron chi connectivity index (χ3n) is 4.62. The number of nitrogens with one attached hydrogen (secondary N) is 1. The van der Waals surface area contributed by atoms with Crippen molar-refractivity contribution in [3.05, 3.63) is 36.2 Å². The Morgan fingerprint density at radius 1 is 1.28 bits per heavy atom. The van der Waals surface area contributed by atoms with E-state index in [-0.39, 0.29) is 0 Å². The van der Waals surface area contributed by atoms with Crippen molar-refractivity contribution in [1.29, 1.82) is 0 Å². The fourth-order valence-corrected chi connectivity index (χ4v) is 4.35. The van der Waals surface area contributed by atoms with Crippen molar-refractivity contribution in [1.82, 2.24) is 25.1 Å². The molecule has 0 spiro atoms. The van der Waals surface area contributed by atoms with Crippen LogP contribution in [0.1, 0.15) is 18.4 Å². The standard InChI is InChI=1S/C18H22N6S/c1-12-3-2-4-14(9-12)25-18-15-16(19)21-11-22-17(15)24(23-18)10-13-5-7-20-8-6-13/h2-4,9,11,13,20H,5-8,10H2,1H3,(H2,19,21,22). The van der Waals surface area contributed by atoms with Crippen LogP contribution < -0.4 is 11.1 Å². The number of nitrogens with zero attached hydrogens (tertiary/aromatic N) is 4. The minimum absolute atomic E-state index is 0.497. The maximum atomic E-state index is 6.16. The van der Waals surface area contributed by atoms with Crippen LogP contribution in [0.5, 0.6) is 0 Å². The number of rotatable bonds is 4. The highest BCUT2D eigenvalue weighted by Crippen LogP contribution is 2.35. The van der Waals surface area contributed by atoms with Crippen LogP contribution in [0.25, 0.3) is 11.0 Å². The van der Waals surface area contributed by atoms with Crippen LogP contribution in [0.4, 0.5) is 5.82 Å². The lowest BCUT2D eigenvalue weighted by Crippen LogP contribution is -2.30. The molecule has 3 aromatic rings. The summed E-state index contributed by atoms with van der Waals surface area (Å²) in [6.45, 7) is 5.12. The van der Waals surface area contributed by atoms with Crippen molar-refractivity contribution in [3.8, 4) is 0 Å². The van der Waals surface area contributed by atoms with Crippen molar-refractivity contribution in [2.45, 2.75) is 36.2 Å². The van der Waals surface area contributed by atoms with Crippen LogP contribution in [0, 0.1) is 12.8 Å². The van der Waals surface area contributed by atoms with Crippen molar-refractivity contribution in [3.63, 3.8) is 0 Å². The molecule has 4 rings (SSSR count). The minimum atomic E-state index is 0.497. The van der Waals surface area contributed by atoms with Gasteiger partial charge in [-0.3, -0.25) is 0 Å². The van der Waals surface area contributed by atoms with E-state index in [0.717, 1.165) is 40.6 Å². The predicted molar refractivity (Wildman–Crippen MR) is 101 cm³/mol. The molecule has 1 aliphatic heterocycles. The van der Waals surface area contributed by atoms with Gasteiger partial charge in [0.05, 0.1) is 5.39 Å². The van der Waals surface area contributed by atoms with E-state index < -0.39 is 0 Å². The highest BCUT2D eigenvalue weighted by molar-refractivity contribution is 7.99. The second kappa shape index (κ2) is 7.01. The summed E-state index contributed by atoms with van der Waals surface area (Å²) in [5.41, 5.74) is 8.22. The van der Waals surface area contributed by atoms with Gasteiger partial charge in [-0.05, 0) is 50.9 Å². The van der Waals surface area contributed by atoms with Gasteiger partial charge in [0.25, 0.3) is 0 Å². The normalized spacial score (nSPS) is 15.7. The maximum absolute atomic E-state index is 6.16. The van der Waals surface area contributed by atoms with E-state index >= 15 is 0 Å². The summed E-state index contributed by atoms with van der Waals surface area (Å²) in [4.78, 5) is 9.79. The van der Waals surface area contributed by atoms with Gasteiger partial charge in [-0.2, -0.15) is 5.10 Å². The average molecular weight is 354 g/mol. The number of piperidine rings is 1. The predicted octanol–water partition coefficient (Wildman–Crippen LogP) is 2.87. The van der Waals surface area contributed by atoms with E-state index in [4.69, 9.17) is 10.8 Å². The lowest BCUT2D eigenvalue weighted by atomic mass is 9.98. The number of nitrogen functional groups attached to an aromatic ring is 1. The summed E-state index contributed by atoms with van der Waals surface area (Å²) in [6, 6.07) is 8.40. The summed E-state index contributed by atoms with van der Waals surface area (Å²) >= 11 is 1.62. The van der Waals surface area contributed by atoms with Crippen molar-refractivity contribution >= 4 is 28.6 Å². The molecule has 7 heteroatoms. The Morgan fingerprint density at radius 3 is 2.92 bits per heavy atom. The topological polar surface area (TPSA) is 81.7 Å². The van der Waals surface area contributed by atoms with Gasteiger partial charge < -0.3 is 11.1 Å². The number of aromatic nitrogens is 4. The summed E-state index contributed by atoms with van der Waals surface area (Å²) < 4.78 is 2.02. The van der Waals surface area contributed by atoms with Crippen LogP contribution >= 0.6 is 11.8 Å². The van der Waals surface area contributed by atoms with Crippen molar-refractivity contribution < 1.29 is 0 Å². The summed E-state index contributed by atoms with van der Waals surface area (Å²) in [5.74, 6) is 1.12. The number of hydrogen-bond donors (Lipinski definition) is 2. The zero-order valence-electron chi connectivity index (χ0n) is 14.3. The highest BCUT2D eigenvalue weighted by atomic mass is 32.2. The third kappa shape index (κ3) is 3.48. The molecule has 1 saturated heterocycles. The van der Waals surface area contributed by atoms with Gasteiger partial charge in [0.15, 0.2) is 5.65 Å². The minimum Gasteiger partial charge on any atom is -0.383 e. The summed E-state index contributed by atoms with van der Waals surface area (Å²) in [7, 11) is 0. The van der Waals surface area contributed by atoms with Crippen LogP contribution in [0.3, 0.4) is 0 Å². The van der Waals surface area contributed by atoms with E-state index in [2.05, 4.69) is 46.5 Å². The molecule has 6 nitrogen and oxygen atoms in total. The second-order valence-corrected chi connectivity index (χ2v) is 7.62. The molecule has 0 bridgehead atoms. The van der Waals surface area contributed by atoms with Gasteiger partial charge in [-0.15, -0.1) is 0 Å². The number of aryl methyl sites for hydroxylation is 1. The Labute approximate surface area is 151 Å². The molecule has 1 aromatic carbocycles. The number of anilines is 1. The largest absolute Gasteiger partial charge is 0.383 e. The van der Waals surface area contributed by atoms with E-state index in [1.165, 1.54) is 24.7 Å². The van der Waals surface area contributed by atoms with Gasteiger partial charge in [0.1, 0.15) is 17.2 Å². The molecule has 1 aliphatic rings. The molecule has 0 saturated carbocycles. The number of hydrogen-bond acceptors (Lipinski definition) is 6. The first-order valence-electron chi connectivity index (χ1n) is 8.63. The van der Waals surface area contributed by atoms with E-state index in [1.807, 2.05) is 4.68 Å². The molecule has 1 fully saturated rings. The van der Waals surface area contributed by atoms with Gasteiger partial charge in [0.2, 0.25) is 0 Å². The molecule has 0 aliphatic carbocycles. The quantitative estimate of drug-likeness (QED) is 0.750. The molecular weight excluding hydrogens is 332 g/mol. The smallest absolute Gasteiger partial charge is 0.164 e. The summed E-state index contributed by atoms with van der Waals surface area (Å²) in [5, 5.41) is 10.0. The molecule has 25 heavy (non-hydrogen) atoms. The Bertz CT molecular complexity index is 884. The number of nitrogens with two attached hydrogens (primary N) is 1. The van der Waals surface area contributed by atoms with Crippen LogP contribution in [-0.2, 0) is 6.54 Å². The molecule has 3 heterocycles. The molecule has 0 atom stereocenters. The Morgan fingerprint density at radius 2 is 2.12 bits per heavy atom. The molecule has 0 radical (unpaired) electrons. The second-order valence-electron chi connectivity index (χ2n) is 6.56. The van der Waals surface area contributed by atoms with Crippen molar-refractivity contribution in [2.75, 3.05) is 18.8 Å². The molecule has 0 amide bonds. The van der Waals surface area contributed by atoms with Gasteiger partial charge in [-0.25, -0.2) is 14.6 Å². The molecule has 0 unspecified atom stereocenters.